The normalized spacial score (nSPS) is 29.6. The minimum Gasteiger partial charge on any atom is -0.381 e. The van der Waals surface area contributed by atoms with Crippen LogP contribution in [0.5, 0.6) is 0 Å². The first kappa shape index (κ1) is 17.0. The third-order valence-electron chi connectivity index (χ3n) is 4.83. The maximum atomic E-state index is 12.2. The summed E-state index contributed by atoms with van der Waals surface area (Å²) >= 11 is 0. The SMILES string of the molecule is Cc1cccc(C#C[C@@]2(O)CCC[C@@H](NC(=O)C3CCOC3)C2)c1. The Bertz CT molecular complexity index is 654. The highest BCUT2D eigenvalue weighted by Crippen LogP contribution is 2.28. The lowest BCUT2D eigenvalue weighted by Crippen LogP contribution is -2.46. The first-order valence-electron chi connectivity index (χ1n) is 8.74. The highest BCUT2D eigenvalue weighted by molar-refractivity contribution is 5.79. The maximum Gasteiger partial charge on any atom is 0.225 e. The van der Waals surface area contributed by atoms with Gasteiger partial charge in [0.2, 0.25) is 5.91 Å². The van der Waals surface area contributed by atoms with Crippen LogP contribution in [0.2, 0.25) is 0 Å². The number of benzene rings is 1. The summed E-state index contributed by atoms with van der Waals surface area (Å²) < 4.78 is 5.27. The predicted octanol–water partition coefficient (Wildman–Crippen LogP) is 2.17. The molecule has 0 aromatic heterocycles. The molecule has 24 heavy (non-hydrogen) atoms. The summed E-state index contributed by atoms with van der Waals surface area (Å²) in [5, 5.41) is 13.9. The second-order valence-corrected chi connectivity index (χ2v) is 7.01. The van der Waals surface area contributed by atoms with E-state index >= 15 is 0 Å². The van der Waals surface area contributed by atoms with Crippen LogP contribution in [0, 0.1) is 24.7 Å². The lowest BCUT2D eigenvalue weighted by Gasteiger charge is -2.33. The Balaban J connectivity index is 1.62. The largest absolute Gasteiger partial charge is 0.381 e. The number of aliphatic hydroxyl groups is 1. The molecule has 0 bridgehead atoms. The van der Waals surface area contributed by atoms with Gasteiger partial charge in [0.1, 0.15) is 5.60 Å². The molecule has 2 N–H and O–H groups in total. The maximum absolute atomic E-state index is 12.2. The van der Waals surface area contributed by atoms with Gasteiger partial charge < -0.3 is 15.2 Å². The van der Waals surface area contributed by atoms with E-state index in [1.807, 2.05) is 31.2 Å². The Morgan fingerprint density at radius 1 is 1.42 bits per heavy atom. The minimum absolute atomic E-state index is 0.0105. The third kappa shape index (κ3) is 4.37. The van der Waals surface area contributed by atoms with Crippen LogP contribution in [0.4, 0.5) is 0 Å². The lowest BCUT2D eigenvalue weighted by atomic mass is 9.82. The number of hydrogen-bond donors (Lipinski definition) is 2. The van der Waals surface area contributed by atoms with E-state index in [9.17, 15) is 9.90 Å². The van der Waals surface area contributed by atoms with Gasteiger partial charge in [0.15, 0.2) is 0 Å². The average Bonchev–Trinajstić information content (AvgIpc) is 3.08. The second-order valence-electron chi connectivity index (χ2n) is 7.01. The summed E-state index contributed by atoms with van der Waals surface area (Å²) in [5.74, 6) is 6.14. The molecule has 0 radical (unpaired) electrons. The van der Waals surface area contributed by atoms with Crippen molar-refractivity contribution in [3.05, 3.63) is 35.4 Å². The van der Waals surface area contributed by atoms with Gasteiger partial charge in [-0.2, -0.15) is 0 Å². The van der Waals surface area contributed by atoms with Crippen molar-refractivity contribution < 1.29 is 14.6 Å². The van der Waals surface area contributed by atoms with Gasteiger partial charge in [-0.25, -0.2) is 0 Å². The van der Waals surface area contributed by atoms with E-state index in [0.717, 1.165) is 30.4 Å². The molecule has 1 saturated heterocycles. The molecular formula is C20H25NO3. The number of hydrogen-bond acceptors (Lipinski definition) is 3. The predicted molar refractivity (Wildman–Crippen MR) is 92.3 cm³/mol. The van der Waals surface area contributed by atoms with Gasteiger partial charge in [-0.3, -0.25) is 4.79 Å². The quantitative estimate of drug-likeness (QED) is 0.819. The van der Waals surface area contributed by atoms with Crippen molar-refractivity contribution in [1.29, 1.82) is 0 Å². The van der Waals surface area contributed by atoms with Gasteiger partial charge in [-0.1, -0.05) is 24.0 Å². The van der Waals surface area contributed by atoms with E-state index in [4.69, 9.17) is 4.74 Å². The van der Waals surface area contributed by atoms with Crippen molar-refractivity contribution in [1.82, 2.24) is 5.32 Å². The zero-order chi connectivity index (χ0) is 17.0. The Labute approximate surface area is 143 Å². The van der Waals surface area contributed by atoms with Crippen molar-refractivity contribution in [2.45, 2.75) is 50.7 Å². The van der Waals surface area contributed by atoms with E-state index in [-0.39, 0.29) is 17.9 Å². The molecule has 1 saturated carbocycles. The number of ether oxygens (including phenoxy) is 1. The summed E-state index contributed by atoms with van der Waals surface area (Å²) in [6.07, 6.45) is 3.70. The summed E-state index contributed by atoms with van der Waals surface area (Å²) in [7, 11) is 0. The molecule has 1 unspecified atom stereocenters. The van der Waals surface area contributed by atoms with E-state index in [1.165, 1.54) is 0 Å². The number of nitrogens with one attached hydrogen (secondary N) is 1. The molecule has 3 rings (SSSR count). The molecule has 2 fully saturated rings. The van der Waals surface area contributed by atoms with Gasteiger partial charge in [-0.15, -0.1) is 0 Å². The summed E-state index contributed by atoms with van der Waals surface area (Å²) in [4.78, 5) is 12.2. The van der Waals surface area contributed by atoms with Gasteiger partial charge in [0.05, 0.1) is 12.5 Å². The zero-order valence-corrected chi connectivity index (χ0v) is 14.2. The Hall–Kier alpha value is -1.83. The van der Waals surface area contributed by atoms with Crippen molar-refractivity contribution in [2.24, 2.45) is 5.92 Å². The highest BCUT2D eigenvalue weighted by Gasteiger charge is 2.35. The van der Waals surface area contributed by atoms with Gasteiger partial charge in [0.25, 0.3) is 0 Å². The van der Waals surface area contributed by atoms with E-state index in [1.54, 1.807) is 0 Å². The second kappa shape index (κ2) is 7.38. The van der Waals surface area contributed by atoms with Gasteiger partial charge in [-0.05, 0) is 50.3 Å². The van der Waals surface area contributed by atoms with Crippen LogP contribution in [-0.4, -0.2) is 35.9 Å². The number of rotatable bonds is 2. The highest BCUT2D eigenvalue weighted by atomic mass is 16.5. The summed E-state index contributed by atoms with van der Waals surface area (Å²) in [6, 6.07) is 7.95. The Kier molecular flexibility index (Phi) is 5.23. The molecule has 1 heterocycles. The zero-order valence-electron chi connectivity index (χ0n) is 14.2. The van der Waals surface area contributed by atoms with Crippen LogP contribution >= 0.6 is 0 Å². The van der Waals surface area contributed by atoms with Crippen molar-refractivity contribution in [2.75, 3.05) is 13.2 Å². The average molecular weight is 327 g/mol. The van der Waals surface area contributed by atoms with Crippen molar-refractivity contribution in [3.63, 3.8) is 0 Å². The fourth-order valence-electron chi connectivity index (χ4n) is 3.46. The fraction of sp³-hybridized carbons (Fsp3) is 0.550. The standard InChI is InChI=1S/C20H25NO3/c1-15-4-2-5-16(12-15)7-10-20(23)9-3-6-18(13-20)21-19(22)17-8-11-24-14-17/h2,4-5,12,17-18,23H,3,6,8-9,11,13-14H2,1H3,(H,21,22)/t17?,18-,20+/m1/s1. The lowest BCUT2D eigenvalue weighted by molar-refractivity contribution is -0.126. The van der Waals surface area contributed by atoms with E-state index < -0.39 is 5.60 Å². The number of aryl methyl sites for hydroxylation is 1. The molecule has 4 nitrogen and oxygen atoms in total. The molecule has 1 aromatic rings. The number of carbonyl (C=O) groups excluding carboxylic acids is 1. The van der Waals surface area contributed by atoms with E-state index in [2.05, 4.69) is 17.2 Å². The van der Waals surface area contributed by atoms with Crippen LogP contribution < -0.4 is 5.32 Å². The summed E-state index contributed by atoms with van der Waals surface area (Å²) in [6.45, 7) is 3.20. The van der Waals surface area contributed by atoms with Crippen LogP contribution in [0.25, 0.3) is 0 Å². The van der Waals surface area contributed by atoms with Crippen molar-refractivity contribution >= 4 is 5.91 Å². The fourth-order valence-corrected chi connectivity index (χ4v) is 3.46. The monoisotopic (exact) mass is 327 g/mol. The third-order valence-corrected chi connectivity index (χ3v) is 4.83. The van der Waals surface area contributed by atoms with Crippen LogP contribution in [-0.2, 0) is 9.53 Å². The van der Waals surface area contributed by atoms with Crippen LogP contribution in [0.3, 0.4) is 0 Å². The Morgan fingerprint density at radius 2 is 2.29 bits per heavy atom. The van der Waals surface area contributed by atoms with Gasteiger partial charge in [0, 0.05) is 24.6 Å². The molecule has 2 aliphatic rings. The van der Waals surface area contributed by atoms with Crippen LogP contribution in [0.15, 0.2) is 24.3 Å². The molecule has 4 heteroatoms. The molecule has 3 atom stereocenters. The number of carbonyl (C=O) groups is 1. The van der Waals surface area contributed by atoms with Crippen molar-refractivity contribution in [3.8, 4) is 11.8 Å². The minimum atomic E-state index is -1.02. The Morgan fingerprint density at radius 3 is 3.04 bits per heavy atom. The molecule has 1 aromatic carbocycles. The molecule has 1 aliphatic carbocycles. The number of amides is 1. The molecule has 128 valence electrons. The van der Waals surface area contributed by atoms with Crippen LogP contribution in [0.1, 0.15) is 43.2 Å². The molecule has 1 amide bonds. The topological polar surface area (TPSA) is 58.6 Å². The first-order chi connectivity index (χ1) is 11.5. The molecule has 0 spiro atoms. The first-order valence-corrected chi connectivity index (χ1v) is 8.74. The molecular weight excluding hydrogens is 302 g/mol. The van der Waals surface area contributed by atoms with E-state index in [0.29, 0.717) is 26.1 Å². The molecule has 1 aliphatic heterocycles. The smallest absolute Gasteiger partial charge is 0.225 e. The summed E-state index contributed by atoms with van der Waals surface area (Å²) in [5.41, 5.74) is 1.05. The van der Waals surface area contributed by atoms with Gasteiger partial charge >= 0.3 is 0 Å².